The fourth-order valence-electron chi connectivity index (χ4n) is 2.88. The van der Waals surface area contributed by atoms with Gasteiger partial charge in [-0.05, 0) is 24.5 Å². The number of halogens is 3. The van der Waals surface area contributed by atoms with Crippen LogP contribution in [0.15, 0.2) is 24.3 Å². The van der Waals surface area contributed by atoms with Gasteiger partial charge in [-0.25, -0.2) is 0 Å². The lowest BCUT2D eigenvalue weighted by atomic mass is 9.74. The molecule has 0 spiro atoms. The Labute approximate surface area is 114 Å². The summed E-state index contributed by atoms with van der Waals surface area (Å²) >= 11 is 0. The maximum absolute atomic E-state index is 12.8. The Hall–Kier alpha value is -1.85. The summed E-state index contributed by atoms with van der Waals surface area (Å²) in [5.74, 6) is -1.17. The molecule has 1 aromatic carbocycles. The lowest BCUT2D eigenvalue weighted by Gasteiger charge is -2.28. The monoisotopic (exact) mass is 284 g/mol. The van der Waals surface area contributed by atoms with Crippen molar-refractivity contribution in [2.75, 3.05) is 0 Å². The number of Topliss-reactive ketones (excluding diaryl/α,β-unsaturated/α-hetero) is 1. The summed E-state index contributed by atoms with van der Waals surface area (Å²) in [7, 11) is 0. The molecule has 0 heterocycles. The molecule has 1 saturated carbocycles. The molecular formula is C14H15F3N2O. The number of hydrogen-bond acceptors (Lipinski definition) is 2. The molecule has 0 unspecified atom stereocenters. The average molecular weight is 284 g/mol. The number of carbonyl (C=O) groups is 1. The Balaban J connectivity index is 2.51. The Morgan fingerprint density at radius 3 is 2.35 bits per heavy atom. The number of nitrogens with two attached hydrogens (primary N) is 1. The molecule has 0 saturated heterocycles. The van der Waals surface area contributed by atoms with E-state index in [2.05, 4.69) is 0 Å². The quantitative estimate of drug-likeness (QED) is 0.661. The van der Waals surface area contributed by atoms with Gasteiger partial charge in [0.2, 0.25) is 5.78 Å². The minimum Gasteiger partial charge on any atom is -0.381 e. The number of ketones is 1. The summed E-state index contributed by atoms with van der Waals surface area (Å²) in [6.45, 7) is 0. The zero-order chi connectivity index (χ0) is 15.0. The molecule has 2 rings (SSSR count). The number of nitrogens with one attached hydrogen (secondary N) is 1. The maximum atomic E-state index is 12.8. The van der Waals surface area contributed by atoms with E-state index in [0.29, 0.717) is 18.4 Å². The van der Waals surface area contributed by atoms with Crippen LogP contribution in [-0.4, -0.2) is 11.6 Å². The first-order chi connectivity index (χ1) is 9.27. The van der Waals surface area contributed by atoms with Gasteiger partial charge in [-0.15, -0.1) is 0 Å². The second kappa shape index (κ2) is 4.92. The van der Waals surface area contributed by atoms with Gasteiger partial charge in [0.1, 0.15) is 0 Å². The molecule has 1 aliphatic rings. The summed E-state index contributed by atoms with van der Waals surface area (Å²) in [5.41, 5.74) is 3.74. The summed E-state index contributed by atoms with van der Waals surface area (Å²) in [6, 6.07) is 4.80. The van der Waals surface area contributed by atoms with Gasteiger partial charge >= 0.3 is 6.18 Å². The molecule has 6 heteroatoms. The minimum absolute atomic E-state index is 0.310. The van der Waals surface area contributed by atoms with E-state index in [9.17, 15) is 18.0 Å². The van der Waals surface area contributed by atoms with Crippen molar-refractivity contribution in [3.63, 3.8) is 0 Å². The minimum atomic E-state index is -4.45. The summed E-state index contributed by atoms with van der Waals surface area (Å²) in [4.78, 5) is 12.2. The molecule has 20 heavy (non-hydrogen) atoms. The summed E-state index contributed by atoms with van der Waals surface area (Å²) < 4.78 is 38.4. The standard InChI is InChI=1S/C14H15F3N2O/c15-14(16,17)10-5-3-4-9(8-10)13(6-1-2-7-13)11(20)12(18)19/h3-5,8H,1-2,6-7H2,(H3,18,19). The first kappa shape index (κ1) is 14.6. The molecule has 0 aromatic heterocycles. The van der Waals surface area contributed by atoms with Crippen LogP contribution in [0.25, 0.3) is 0 Å². The highest BCUT2D eigenvalue weighted by molar-refractivity contribution is 6.40. The van der Waals surface area contributed by atoms with Crippen LogP contribution in [0.3, 0.4) is 0 Å². The van der Waals surface area contributed by atoms with Crippen LogP contribution in [-0.2, 0) is 16.4 Å². The second-order valence-corrected chi connectivity index (χ2v) is 5.11. The summed E-state index contributed by atoms with van der Waals surface area (Å²) in [6.07, 6.45) is -2.08. The zero-order valence-electron chi connectivity index (χ0n) is 10.8. The van der Waals surface area contributed by atoms with E-state index < -0.39 is 28.8 Å². The Bertz CT molecular complexity index is 546. The molecule has 0 aliphatic heterocycles. The smallest absolute Gasteiger partial charge is 0.381 e. The van der Waals surface area contributed by atoms with Crippen LogP contribution in [0.1, 0.15) is 36.8 Å². The highest BCUT2D eigenvalue weighted by Crippen LogP contribution is 2.43. The van der Waals surface area contributed by atoms with Crippen molar-refractivity contribution in [2.24, 2.45) is 5.73 Å². The van der Waals surface area contributed by atoms with Crippen molar-refractivity contribution in [3.05, 3.63) is 35.4 Å². The van der Waals surface area contributed by atoms with Gasteiger partial charge in [0, 0.05) is 0 Å². The largest absolute Gasteiger partial charge is 0.416 e. The van der Waals surface area contributed by atoms with Crippen molar-refractivity contribution in [1.29, 1.82) is 5.41 Å². The van der Waals surface area contributed by atoms with Crippen molar-refractivity contribution < 1.29 is 18.0 Å². The normalized spacial score (nSPS) is 17.9. The third-order valence-corrected chi connectivity index (χ3v) is 3.88. The van der Waals surface area contributed by atoms with Gasteiger partial charge in [0.25, 0.3) is 0 Å². The van der Waals surface area contributed by atoms with Crippen LogP contribution in [0, 0.1) is 5.41 Å². The highest BCUT2D eigenvalue weighted by atomic mass is 19.4. The molecule has 1 fully saturated rings. The van der Waals surface area contributed by atoms with Crippen LogP contribution in [0.2, 0.25) is 0 Å². The van der Waals surface area contributed by atoms with Crippen LogP contribution >= 0.6 is 0 Å². The number of benzene rings is 1. The number of amidine groups is 1. The van der Waals surface area contributed by atoms with Crippen molar-refractivity contribution in [2.45, 2.75) is 37.3 Å². The van der Waals surface area contributed by atoms with Crippen LogP contribution in [0.5, 0.6) is 0 Å². The van der Waals surface area contributed by atoms with Gasteiger partial charge in [-0.2, -0.15) is 13.2 Å². The van der Waals surface area contributed by atoms with Crippen LogP contribution < -0.4 is 5.73 Å². The van der Waals surface area contributed by atoms with Crippen molar-refractivity contribution in [1.82, 2.24) is 0 Å². The molecule has 0 amide bonds. The Morgan fingerprint density at radius 2 is 1.85 bits per heavy atom. The van der Waals surface area contributed by atoms with E-state index in [0.717, 1.165) is 25.0 Å². The molecule has 0 atom stereocenters. The first-order valence-electron chi connectivity index (χ1n) is 6.34. The molecule has 1 aliphatic carbocycles. The fraction of sp³-hybridized carbons (Fsp3) is 0.429. The summed E-state index contributed by atoms with van der Waals surface area (Å²) in [5, 5.41) is 7.32. The van der Waals surface area contributed by atoms with Gasteiger partial charge in [0.05, 0.1) is 11.0 Å². The van der Waals surface area contributed by atoms with Gasteiger partial charge in [-0.3, -0.25) is 10.2 Å². The highest BCUT2D eigenvalue weighted by Gasteiger charge is 2.44. The van der Waals surface area contributed by atoms with Gasteiger partial charge < -0.3 is 5.73 Å². The molecule has 0 radical (unpaired) electrons. The molecule has 3 N–H and O–H groups in total. The number of alkyl halides is 3. The topological polar surface area (TPSA) is 66.9 Å². The number of rotatable bonds is 3. The van der Waals surface area contributed by atoms with Crippen molar-refractivity contribution in [3.8, 4) is 0 Å². The van der Waals surface area contributed by atoms with E-state index in [4.69, 9.17) is 11.1 Å². The van der Waals surface area contributed by atoms with E-state index in [1.807, 2.05) is 0 Å². The average Bonchev–Trinajstić information content (AvgIpc) is 2.87. The third-order valence-electron chi connectivity index (χ3n) is 3.88. The third kappa shape index (κ3) is 2.42. The first-order valence-corrected chi connectivity index (χ1v) is 6.34. The van der Waals surface area contributed by atoms with E-state index in [-0.39, 0.29) is 0 Å². The maximum Gasteiger partial charge on any atom is 0.416 e. The van der Waals surface area contributed by atoms with Crippen molar-refractivity contribution >= 4 is 11.6 Å². The molecule has 1 aromatic rings. The predicted molar refractivity (Wildman–Crippen MR) is 68.5 cm³/mol. The Kier molecular flexibility index (Phi) is 3.58. The van der Waals surface area contributed by atoms with E-state index in [1.54, 1.807) is 0 Å². The zero-order valence-corrected chi connectivity index (χ0v) is 10.8. The second-order valence-electron chi connectivity index (χ2n) is 5.11. The molecule has 0 bridgehead atoms. The lowest BCUT2D eigenvalue weighted by molar-refractivity contribution is -0.137. The number of hydrogen-bond donors (Lipinski definition) is 2. The SMILES string of the molecule is N=C(N)C(=O)C1(c2cccc(C(F)(F)F)c2)CCCC1. The van der Waals surface area contributed by atoms with E-state index in [1.165, 1.54) is 12.1 Å². The van der Waals surface area contributed by atoms with Gasteiger partial charge in [0.15, 0.2) is 5.84 Å². The van der Waals surface area contributed by atoms with Crippen LogP contribution in [0.4, 0.5) is 13.2 Å². The molecule has 108 valence electrons. The van der Waals surface area contributed by atoms with E-state index >= 15 is 0 Å². The number of carbonyl (C=O) groups excluding carboxylic acids is 1. The molecule has 3 nitrogen and oxygen atoms in total. The fourth-order valence-corrected chi connectivity index (χ4v) is 2.88. The lowest BCUT2D eigenvalue weighted by Crippen LogP contribution is -2.41. The predicted octanol–water partition coefficient (Wildman–Crippen LogP) is 3.02. The Morgan fingerprint density at radius 1 is 1.25 bits per heavy atom. The van der Waals surface area contributed by atoms with Gasteiger partial charge in [-0.1, -0.05) is 31.0 Å². The molecular weight excluding hydrogens is 269 g/mol.